The number of aromatic nitrogens is 2. The number of ether oxygens (including phenoxy) is 1. The Balaban J connectivity index is 1.80. The van der Waals surface area contributed by atoms with E-state index in [1.807, 2.05) is 19.9 Å². The molecule has 0 unspecified atom stereocenters. The van der Waals surface area contributed by atoms with E-state index in [0.717, 1.165) is 17.0 Å². The standard InChI is InChI=1S/C16H19N3O3/c1-11-9-12(2)19(18-11)8-7-15(20)22-10-13-3-5-14(6-4-13)16(17)21/h3-6,9H,7-8,10H2,1-2H3,(H2,17,21). The number of nitrogens with zero attached hydrogens (tertiary/aromatic N) is 2. The highest BCUT2D eigenvalue weighted by molar-refractivity contribution is 5.92. The van der Waals surface area contributed by atoms with Gasteiger partial charge < -0.3 is 10.5 Å². The van der Waals surface area contributed by atoms with Gasteiger partial charge >= 0.3 is 5.97 Å². The van der Waals surface area contributed by atoms with Crippen LogP contribution in [-0.2, 0) is 22.7 Å². The highest BCUT2D eigenvalue weighted by Crippen LogP contribution is 2.07. The smallest absolute Gasteiger partial charge is 0.308 e. The highest BCUT2D eigenvalue weighted by Gasteiger charge is 2.07. The van der Waals surface area contributed by atoms with Gasteiger partial charge in [-0.3, -0.25) is 14.3 Å². The molecule has 0 radical (unpaired) electrons. The summed E-state index contributed by atoms with van der Waals surface area (Å²) in [6.45, 7) is 4.54. The van der Waals surface area contributed by atoms with Crippen LogP contribution in [0.15, 0.2) is 30.3 Å². The Labute approximate surface area is 128 Å². The molecule has 0 bridgehead atoms. The minimum Gasteiger partial charge on any atom is -0.461 e. The van der Waals surface area contributed by atoms with Crippen molar-refractivity contribution in [1.82, 2.24) is 9.78 Å². The first-order valence-electron chi connectivity index (χ1n) is 7.01. The van der Waals surface area contributed by atoms with Crippen molar-refractivity contribution in [3.63, 3.8) is 0 Å². The molecule has 2 N–H and O–H groups in total. The highest BCUT2D eigenvalue weighted by atomic mass is 16.5. The number of benzene rings is 1. The Morgan fingerprint density at radius 1 is 1.23 bits per heavy atom. The molecular formula is C16H19N3O3. The minimum absolute atomic E-state index is 0.176. The molecule has 22 heavy (non-hydrogen) atoms. The van der Waals surface area contributed by atoms with Crippen molar-refractivity contribution in [1.29, 1.82) is 0 Å². The molecular weight excluding hydrogens is 282 g/mol. The van der Waals surface area contributed by atoms with E-state index in [2.05, 4.69) is 5.10 Å². The van der Waals surface area contributed by atoms with Crippen LogP contribution in [0.3, 0.4) is 0 Å². The second kappa shape index (κ2) is 6.89. The molecule has 0 saturated carbocycles. The van der Waals surface area contributed by atoms with E-state index in [1.165, 1.54) is 0 Å². The number of hydrogen-bond donors (Lipinski definition) is 1. The largest absolute Gasteiger partial charge is 0.461 e. The van der Waals surface area contributed by atoms with Gasteiger partial charge in [0.2, 0.25) is 5.91 Å². The summed E-state index contributed by atoms with van der Waals surface area (Å²) in [4.78, 5) is 22.7. The van der Waals surface area contributed by atoms with Gasteiger partial charge in [0.1, 0.15) is 6.61 Å². The molecule has 0 fully saturated rings. The number of hydrogen-bond acceptors (Lipinski definition) is 4. The zero-order chi connectivity index (χ0) is 16.1. The summed E-state index contributed by atoms with van der Waals surface area (Å²) in [5.41, 5.74) is 8.35. The fourth-order valence-electron chi connectivity index (χ4n) is 2.10. The molecule has 1 aromatic heterocycles. The number of nitrogens with two attached hydrogens (primary N) is 1. The van der Waals surface area contributed by atoms with Gasteiger partial charge in [-0.05, 0) is 37.6 Å². The van der Waals surface area contributed by atoms with Gasteiger partial charge in [0.25, 0.3) is 0 Å². The molecule has 116 valence electrons. The van der Waals surface area contributed by atoms with Gasteiger partial charge in [-0.25, -0.2) is 0 Å². The number of amides is 1. The summed E-state index contributed by atoms with van der Waals surface area (Å²) >= 11 is 0. The SMILES string of the molecule is Cc1cc(C)n(CCC(=O)OCc2ccc(C(N)=O)cc2)n1. The normalized spacial score (nSPS) is 10.5. The Kier molecular flexibility index (Phi) is 4.93. The van der Waals surface area contributed by atoms with Crippen molar-refractivity contribution < 1.29 is 14.3 Å². The Morgan fingerprint density at radius 2 is 1.91 bits per heavy atom. The van der Waals surface area contributed by atoms with Crippen LogP contribution in [0.1, 0.15) is 33.7 Å². The average molecular weight is 301 g/mol. The number of rotatable bonds is 6. The summed E-state index contributed by atoms with van der Waals surface area (Å²) in [6.07, 6.45) is 0.265. The first-order valence-corrected chi connectivity index (χ1v) is 7.01. The lowest BCUT2D eigenvalue weighted by Gasteiger charge is -2.07. The van der Waals surface area contributed by atoms with E-state index >= 15 is 0 Å². The zero-order valence-corrected chi connectivity index (χ0v) is 12.7. The monoisotopic (exact) mass is 301 g/mol. The first-order chi connectivity index (χ1) is 10.5. The maximum Gasteiger partial charge on any atom is 0.308 e. The van der Waals surface area contributed by atoms with E-state index in [0.29, 0.717) is 12.1 Å². The number of carbonyl (C=O) groups excluding carboxylic acids is 2. The van der Waals surface area contributed by atoms with Crippen molar-refractivity contribution in [2.45, 2.75) is 33.4 Å². The third-order valence-electron chi connectivity index (χ3n) is 3.27. The van der Waals surface area contributed by atoms with Crippen LogP contribution in [0.4, 0.5) is 0 Å². The topological polar surface area (TPSA) is 87.2 Å². The molecule has 0 aliphatic rings. The molecule has 1 amide bonds. The Morgan fingerprint density at radius 3 is 2.45 bits per heavy atom. The third kappa shape index (κ3) is 4.18. The number of esters is 1. The number of aryl methyl sites for hydroxylation is 3. The first kappa shape index (κ1) is 15.8. The summed E-state index contributed by atoms with van der Waals surface area (Å²) in [5, 5.41) is 4.29. The molecule has 0 spiro atoms. The second-order valence-corrected chi connectivity index (χ2v) is 5.12. The lowest BCUT2D eigenvalue weighted by atomic mass is 10.1. The zero-order valence-electron chi connectivity index (χ0n) is 12.7. The van der Waals surface area contributed by atoms with E-state index in [4.69, 9.17) is 10.5 Å². The summed E-state index contributed by atoms with van der Waals surface area (Å²) in [5.74, 6) is -0.764. The van der Waals surface area contributed by atoms with Crippen molar-refractivity contribution >= 4 is 11.9 Å². The van der Waals surface area contributed by atoms with Gasteiger partial charge in [-0.2, -0.15) is 5.10 Å². The quantitative estimate of drug-likeness (QED) is 0.823. The van der Waals surface area contributed by atoms with Gasteiger partial charge in [-0.15, -0.1) is 0 Å². The predicted octanol–water partition coefficient (Wildman–Crippen LogP) is 1.73. The molecule has 1 heterocycles. The lowest BCUT2D eigenvalue weighted by Crippen LogP contribution is -2.12. The fourth-order valence-corrected chi connectivity index (χ4v) is 2.10. The number of primary amides is 1. The van der Waals surface area contributed by atoms with Crippen molar-refractivity contribution in [3.05, 3.63) is 52.8 Å². The third-order valence-corrected chi connectivity index (χ3v) is 3.27. The lowest BCUT2D eigenvalue weighted by molar-refractivity contribution is -0.145. The van der Waals surface area contributed by atoms with Crippen LogP contribution >= 0.6 is 0 Å². The van der Waals surface area contributed by atoms with E-state index in [-0.39, 0.29) is 19.0 Å². The number of carbonyl (C=O) groups is 2. The van der Waals surface area contributed by atoms with Gasteiger partial charge in [0, 0.05) is 11.3 Å². The van der Waals surface area contributed by atoms with Crippen LogP contribution in [0, 0.1) is 13.8 Å². The molecule has 0 atom stereocenters. The second-order valence-electron chi connectivity index (χ2n) is 5.12. The van der Waals surface area contributed by atoms with Crippen molar-refractivity contribution in [2.75, 3.05) is 0 Å². The van der Waals surface area contributed by atoms with Gasteiger partial charge in [0.05, 0.1) is 18.7 Å². The van der Waals surface area contributed by atoms with Crippen molar-refractivity contribution in [2.24, 2.45) is 5.73 Å². The molecule has 2 aromatic rings. The van der Waals surface area contributed by atoms with Crippen LogP contribution < -0.4 is 5.73 Å². The molecule has 6 nitrogen and oxygen atoms in total. The Bertz CT molecular complexity index is 674. The molecule has 0 aliphatic carbocycles. The van der Waals surface area contributed by atoms with Gasteiger partial charge in [0.15, 0.2) is 0 Å². The van der Waals surface area contributed by atoms with Crippen LogP contribution in [0.2, 0.25) is 0 Å². The van der Waals surface area contributed by atoms with Crippen LogP contribution in [0.25, 0.3) is 0 Å². The van der Waals surface area contributed by atoms with E-state index in [9.17, 15) is 9.59 Å². The van der Waals surface area contributed by atoms with E-state index in [1.54, 1.807) is 28.9 Å². The minimum atomic E-state index is -0.478. The molecule has 6 heteroatoms. The van der Waals surface area contributed by atoms with Crippen LogP contribution in [-0.4, -0.2) is 21.7 Å². The summed E-state index contributed by atoms with van der Waals surface area (Å²) < 4.78 is 6.99. The molecule has 2 rings (SSSR count). The summed E-state index contributed by atoms with van der Waals surface area (Å²) in [7, 11) is 0. The Hall–Kier alpha value is -2.63. The van der Waals surface area contributed by atoms with Crippen LogP contribution in [0.5, 0.6) is 0 Å². The maximum atomic E-state index is 11.7. The summed E-state index contributed by atoms with van der Waals surface area (Å²) in [6, 6.07) is 8.62. The van der Waals surface area contributed by atoms with Gasteiger partial charge in [-0.1, -0.05) is 12.1 Å². The molecule has 0 aliphatic heterocycles. The van der Waals surface area contributed by atoms with E-state index < -0.39 is 5.91 Å². The maximum absolute atomic E-state index is 11.7. The predicted molar refractivity (Wildman–Crippen MR) is 81.1 cm³/mol. The fraction of sp³-hybridized carbons (Fsp3) is 0.312. The molecule has 1 aromatic carbocycles. The average Bonchev–Trinajstić information content (AvgIpc) is 2.81. The van der Waals surface area contributed by atoms with Crippen molar-refractivity contribution in [3.8, 4) is 0 Å². The molecule has 0 saturated heterocycles.